The maximum atomic E-state index is 12.9. The van der Waals surface area contributed by atoms with E-state index in [1.54, 1.807) is 36.4 Å². The van der Waals surface area contributed by atoms with E-state index in [-0.39, 0.29) is 10.8 Å². The maximum Gasteiger partial charge on any atom is 0.264 e. The van der Waals surface area contributed by atoms with Crippen LogP contribution >= 0.6 is 0 Å². The largest absolute Gasteiger partial charge is 0.497 e. The third kappa shape index (κ3) is 5.69. The van der Waals surface area contributed by atoms with Gasteiger partial charge >= 0.3 is 0 Å². The molecular weight excluding hydrogens is 450 g/mol. The average molecular weight is 482 g/mol. The first-order valence-electron chi connectivity index (χ1n) is 11.1. The molecule has 8 heteroatoms. The van der Waals surface area contributed by atoms with Gasteiger partial charge in [0.25, 0.3) is 15.9 Å². The van der Waals surface area contributed by atoms with E-state index in [1.807, 2.05) is 12.1 Å². The quantitative estimate of drug-likeness (QED) is 0.467. The Bertz CT molecular complexity index is 1190. The molecule has 0 atom stereocenters. The molecule has 180 valence electrons. The molecule has 0 aliphatic rings. The molecule has 7 nitrogen and oxygen atoms in total. The molecule has 0 unspecified atom stereocenters. The molecule has 0 heterocycles. The van der Waals surface area contributed by atoms with Crippen LogP contribution in [0.15, 0.2) is 77.7 Å². The summed E-state index contributed by atoms with van der Waals surface area (Å²) in [6, 6.07) is 20.8. The molecule has 0 aromatic heterocycles. The van der Waals surface area contributed by atoms with Crippen LogP contribution in [0.1, 0.15) is 29.8 Å². The van der Waals surface area contributed by atoms with Crippen molar-refractivity contribution < 1.29 is 17.9 Å². The molecule has 1 amide bonds. The van der Waals surface area contributed by atoms with Gasteiger partial charge in [0.1, 0.15) is 5.75 Å². The van der Waals surface area contributed by atoms with Crippen LogP contribution in [0.3, 0.4) is 0 Å². The molecule has 3 rings (SSSR count). The summed E-state index contributed by atoms with van der Waals surface area (Å²) in [6.45, 7) is 6.54. The first kappa shape index (κ1) is 25.1. The number of rotatable bonds is 10. The van der Waals surface area contributed by atoms with Gasteiger partial charge in [-0.3, -0.25) is 9.10 Å². The number of carbonyl (C=O) groups is 1. The van der Waals surface area contributed by atoms with E-state index in [1.165, 1.54) is 30.6 Å². The van der Waals surface area contributed by atoms with E-state index in [4.69, 9.17) is 4.74 Å². The van der Waals surface area contributed by atoms with Gasteiger partial charge in [-0.1, -0.05) is 12.1 Å². The highest BCUT2D eigenvalue weighted by Gasteiger charge is 2.21. The summed E-state index contributed by atoms with van der Waals surface area (Å²) < 4.78 is 32.1. The van der Waals surface area contributed by atoms with Crippen LogP contribution < -0.4 is 19.3 Å². The predicted octanol–water partition coefficient (Wildman–Crippen LogP) is 4.30. The fraction of sp³-hybridized carbons (Fsp3) is 0.269. The van der Waals surface area contributed by atoms with E-state index in [0.29, 0.717) is 23.5 Å². The molecule has 0 fully saturated rings. The highest BCUT2D eigenvalue weighted by Crippen LogP contribution is 2.24. The van der Waals surface area contributed by atoms with Gasteiger partial charge in [-0.15, -0.1) is 0 Å². The Morgan fingerprint density at radius 1 is 0.853 bits per heavy atom. The molecule has 0 saturated heterocycles. The summed E-state index contributed by atoms with van der Waals surface area (Å²) in [4.78, 5) is 15.0. The van der Waals surface area contributed by atoms with Crippen molar-refractivity contribution in [3.63, 3.8) is 0 Å². The Morgan fingerprint density at radius 3 is 1.94 bits per heavy atom. The normalized spacial score (nSPS) is 11.1. The highest BCUT2D eigenvalue weighted by atomic mass is 32.2. The van der Waals surface area contributed by atoms with E-state index in [9.17, 15) is 13.2 Å². The second kappa shape index (κ2) is 11.1. The number of sulfonamides is 1. The fourth-order valence-corrected chi connectivity index (χ4v) is 4.76. The third-order valence-electron chi connectivity index (χ3n) is 5.73. The van der Waals surface area contributed by atoms with Crippen LogP contribution in [0.4, 0.5) is 11.4 Å². The van der Waals surface area contributed by atoms with E-state index >= 15 is 0 Å². The van der Waals surface area contributed by atoms with Gasteiger partial charge in [-0.2, -0.15) is 0 Å². The fourth-order valence-electron chi connectivity index (χ4n) is 3.57. The number of methoxy groups -OCH3 is 1. The number of benzene rings is 3. The lowest BCUT2D eigenvalue weighted by molar-refractivity contribution is 0.0951. The smallest absolute Gasteiger partial charge is 0.264 e. The third-order valence-corrected chi connectivity index (χ3v) is 7.53. The van der Waals surface area contributed by atoms with Crippen molar-refractivity contribution in [3.05, 3.63) is 83.9 Å². The Balaban J connectivity index is 1.63. The van der Waals surface area contributed by atoms with Crippen LogP contribution in [0, 0.1) is 0 Å². The second-order valence-corrected chi connectivity index (χ2v) is 9.69. The van der Waals surface area contributed by atoms with E-state index < -0.39 is 10.0 Å². The van der Waals surface area contributed by atoms with E-state index in [2.05, 4.69) is 36.2 Å². The van der Waals surface area contributed by atoms with Crippen molar-refractivity contribution in [1.29, 1.82) is 0 Å². The summed E-state index contributed by atoms with van der Waals surface area (Å²) in [5.74, 6) is 0.358. The lowest BCUT2D eigenvalue weighted by Crippen LogP contribution is -2.27. The summed E-state index contributed by atoms with van der Waals surface area (Å²) >= 11 is 0. The van der Waals surface area contributed by atoms with Crippen LogP contribution in [-0.4, -0.2) is 41.6 Å². The Morgan fingerprint density at radius 2 is 1.41 bits per heavy atom. The average Bonchev–Trinajstić information content (AvgIpc) is 2.88. The number of hydrogen-bond acceptors (Lipinski definition) is 5. The van der Waals surface area contributed by atoms with Crippen LogP contribution in [0.5, 0.6) is 5.75 Å². The number of nitrogens with zero attached hydrogens (tertiary/aromatic N) is 2. The minimum Gasteiger partial charge on any atom is -0.497 e. The molecule has 0 bridgehead atoms. The molecule has 0 aliphatic carbocycles. The first-order valence-corrected chi connectivity index (χ1v) is 12.6. The standard InChI is InChI=1S/C26H31N3O4S/c1-5-29(6-2)23-11-7-20(8-12-23)19-27-26(30)21-9-13-22(14-10-21)28(3)34(31,32)25-17-15-24(33-4)16-18-25/h7-18H,5-6,19H2,1-4H3,(H,27,30). The summed E-state index contributed by atoms with van der Waals surface area (Å²) in [6.07, 6.45) is 0. The first-order chi connectivity index (χ1) is 16.3. The Kier molecular flexibility index (Phi) is 8.17. The predicted molar refractivity (Wildman–Crippen MR) is 136 cm³/mol. The minimum absolute atomic E-state index is 0.157. The van der Waals surface area contributed by atoms with Crippen molar-refractivity contribution in [3.8, 4) is 5.75 Å². The maximum absolute atomic E-state index is 12.9. The van der Waals surface area contributed by atoms with Crippen LogP contribution in [0.25, 0.3) is 0 Å². The molecule has 0 radical (unpaired) electrons. The minimum atomic E-state index is -3.74. The van der Waals surface area contributed by atoms with E-state index in [0.717, 1.165) is 24.3 Å². The lowest BCUT2D eigenvalue weighted by atomic mass is 10.1. The van der Waals surface area contributed by atoms with Crippen molar-refractivity contribution in [2.75, 3.05) is 36.5 Å². The molecule has 1 N–H and O–H groups in total. The molecule has 0 saturated carbocycles. The van der Waals surface area contributed by atoms with Gasteiger partial charge in [-0.05, 0) is 80.1 Å². The molecule has 3 aromatic carbocycles. The number of amides is 1. The SMILES string of the molecule is CCN(CC)c1ccc(CNC(=O)c2ccc(N(C)S(=O)(=O)c3ccc(OC)cc3)cc2)cc1. The van der Waals surface area contributed by atoms with Gasteiger partial charge in [0.2, 0.25) is 0 Å². The molecular formula is C26H31N3O4S. The Labute approximate surface area is 202 Å². The number of anilines is 2. The number of ether oxygens (including phenoxy) is 1. The van der Waals surface area contributed by atoms with Crippen molar-refractivity contribution in [1.82, 2.24) is 5.32 Å². The second-order valence-electron chi connectivity index (χ2n) is 7.72. The van der Waals surface area contributed by atoms with Gasteiger partial charge in [0.05, 0.1) is 17.7 Å². The monoisotopic (exact) mass is 481 g/mol. The van der Waals surface area contributed by atoms with Crippen LogP contribution in [-0.2, 0) is 16.6 Å². The summed E-state index contributed by atoms with van der Waals surface area (Å²) in [5, 5.41) is 2.91. The lowest BCUT2D eigenvalue weighted by Gasteiger charge is -2.21. The van der Waals surface area contributed by atoms with Gasteiger partial charge < -0.3 is 15.0 Å². The molecule has 0 aliphatic heterocycles. The zero-order valence-electron chi connectivity index (χ0n) is 20.0. The number of nitrogens with one attached hydrogen (secondary N) is 1. The molecule has 3 aromatic rings. The zero-order chi connectivity index (χ0) is 24.7. The number of hydrogen-bond donors (Lipinski definition) is 1. The Hall–Kier alpha value is -3.52. The topological polar surface area (TPSA) is 79.0 Å². The molecule has 34 heavy (non-hydrogen) atoms. The molecule has 0 spiro atoms. The van der Waals surface area contributed by atoms with Crippen LogP contribution in [0.2, 0.25) is 0 Å². The summed E-state index contributed by atoms with van der Waals surface area (Å²) in [7, 11) is -0.729. The summed E-state index contributed by atoms with van der Waals surface area (Å²) in [5.41, 5.74) is 3.08. The number of carbonyl (C=O) groups excluding carboxylic acids is 1. The van der Waals surface area contributed by atoms with Gasteiger partial charge in [0, 0.05) is 37.9 Å². The highest BCUT2D eigenvalue weighted by molar-refractivity contribution is 7.92. The zero-order valence-corrected chi connectivity index (χ0v) is 20.8. The van der Waals surface area contributed by atoms with Crippen molar-refractivity contribution >= 4 is 27.3 Å². The van der Waals surface area contributed by atoms with Gasteiger partial charge in [0.15, 0.2) is 0 Å². The van der Waals surface area contributed by atoms with Gasteiger partial charge in [-0.25, -0.2) is 8.42 Å². The van der Waals surface area contributed by atoms with Crippen molar-refractivity contribution in [2.45, 2.75) is 25.3 Å². The van der Waals surface area contributed by atoms with Crippen molar-refractivity contribution in [2.24, 2.45) is 0 Å².